The van der Waals surface area contributed by atoms with E-state index < -0.39 is 0 Å². The molecule has 2 heterocycles. The summed E-state index contributed by atoms with van der Waals surface area (Å²) in [6.07, 6.45) is 5.45. The summed E-state index contributed by atoms with van der Waals surface area (Å²) in [4.78, 5) is 15.1. The van der Waals surface area contributed by atoms with Crippen LogP contribution in [0, 0.1) is 6.92 Å². The van der Waals surface area contributed by atoms with Gasteiger partial charge in [-0.15, -0.1) is 0 Å². The topological polar surface area (TPSA) is 50.2 Å². The van der Waals surface area contributed by atoms with Crippen molar-refractivity contribution in [1.82, 2.24) is 20.0 Å². The van der Waals surface area contributed by atoms with E-state index in [0.717, 1.165) is 62.1 Å². The Bertz CT molecular complexity index is 1060. The third-order valence-electron chi connectivity index (χ3n) is 6.70. The molecule has 0 unspecified atom stereocenters. The molecular weight excluding hydrogens is 384 g/mol. The second-order valence-electron chi connectivity index (χ2n) is 8.81. The summed E-state index contributed by atoms with van der Waals surface area (Å²) in [5.41, 5.74) is 7.05. The summed E-state index contributed by atoms with van der Waals surface area (Å²) in [6.45, 7) is 4.88. The molecule has 0 bridgehead atoms. The normalized spacial score (nSPS) is 16.9. The van der Waals surface area contributed by atoms with Gasteiger partial charge < -0.3 is 5.32 Å². The van der Waals surface area contributed by atoms with Crippen LogP contribution in [0.25, 0.3) is 5.69 Å². The molecule has 1 aromatic heterocycles. The molecule has 0 saturated carbocycles. The third kappa shape index (κ3) is 4.15. The number of hydrogen-bond donors (Lipinski definition) is 1. The van der Waals surface area contributed by atoms with Crippen molar-refractivity contribution in [2.45, 2.75) is 51.6 Å². The Morgan fingerprint density at radius 2 is 1.77 bits per heavy atom. The van der Waals surface area contributed by atoms with Gasteiger partial charge in [-0.1, -0.05) is 36.4 Å². The van der Waals surface area contributed by atoms with Gasteiger partial charge in [-0.3, -0.25) is 9.69 Å². The number of likely N-dealkylation sites (tertiary alicyclic amines) is 1. The van der Waals surface area contributed by atoms with Gasteiger partial charge in [0.1, 0.15) is 0 Å². The maximum absolute atomic E-state index is 12.6. The summed E-state index contributed by atoms with van der Waals surface area (Å²) in [5, 5.41) is 8.26. The SMILES string of the molecule is Cc1ccccc1C(=O)NC1CCN(Cc2nn(-c3ccccc3)c3c2CCC3)CC1. The number of fused-ring (bicyclic) bond motifs is 1. The van der Waals surface area contributed by atoms with Crippen molar-refractivity contribution in [3.8, 4) is 5.69 Å². The quantitative estimate of drug-likeness (QED) is 0.685. The van der Waals surface area contributed by atoms with Crippen molar-refractivity contribution in [2.24, 2.45) is 0 Å². The van der Waals surface area contributed by atoms with E-state index in [4.69, 9.17) is 5.10 Å². The molecule has 0 radical (unpaired) electrons. The number of aryl methyl sites for hydroxylation is 1. The number of carbonyl (C=O) groups excluding carboxylic acids is 1. The number of carbonyl (C=O) groups is 1. The van der Waals surface area contributed by atoms with Crippen molar-refractivity contribution < 1.29 is 4.79 Å². The minimum absolute atomic E-state index is 0.0518. The van der Waals surface area contributed by atoms with E-state index >= 15 is 0 Å². The van der Waals surface area contributed by atoms with Gasteiger partial charge in [0.2, 0.25) is 0 Å². The highest BCUT2D eigenvalue weighted by molar-refractivity contribution is 5.95. The molecule has 3 aromatic rings. The number of benzene rings is 2. The number of nitrogens with one attached hydrogen (secondary N) is 1. The molecule has 0 atom stereocenters. The summed E-state index contributed by atoms with van der Waals surface area (Å²) < 4.78 is 2.16. The van der Waals surface area contributed by atoms with Crippen LogP contribution in [0.1, 0.15) is 52.1 Å². The molecule has 1 saturated heterocycles. The molecule has 2 aromatic carbocycles. The lowest BCUT2D eigenvalue weighted by Gasteiger charge is -2.32. The van der Waals surface area contributed by atoms with E-state index in [1.165, 1.54) is 23.4 Å². The molecule has 160 valence electrons. The van der Waals surface area contributed by atoms with Crippen LogP contribution < -0.4 is 5.32 Å². The van der Waals surface area contributed by atoms with Crippen LogP contribution >= 0.6 is 0 Å². The molecule has 5 heteroatoms. The van der Waals surface area contributed by atoms with Gasteiger partial charge in [0.15, 0.2) is 0 Å². The first-order chi connectivity index (χ1) is 15.2. The molecule has 1 fully saturated rings. The maximum atomic E-state index is 12.6. The Morgan fingerprint density at radius 1 is 1.03 bits per heavy atom. The first kappa shape index (κ1) is 20.0. The first-order valence-electron chi connectivity index (χ1n) is 11.4. The number of hydrogen-bond acceptors (Lipinski definition) is 3. The molecule has 1 aliphatic carbocycles. The fourth-order valence-corrected chi connectivity index (χ4v) is 4.96. The number of rotatable bonds is 5. The lowest BCUT2D eigenvalue weighted by molar-refractivity contribution is 0.0908. The molecule has 1 N–H and O–H groups in total. The molecule has 1 aliphatic heterocycles. The number of para-hydroxylation sites is 1. The lowest BCUT2D eigenvalue weighted by Crippen LogP contribution is -2.44. The highest BCUT2D eigenvalue weighted by Gasteiger charge is 2.27. The van der Waals surface area contributed by atoms with Crippen molar-refractivity contribution in [2.75, 3.05) is 13.1 Å². The number of amides is 1. The molecule has 1 amide bonds. The summed E-state index contributed by atoms with van der Waals surface area (Å²) >= 11 is 0. The van der Waals surface area contributed by atoms with E-state index in [2.05, 4.69) is 45.2 Å². The minimum atomic E-state index is 0.0518. The largest absolute Gasteiger partial charge is 0.349 e. The third-order valence-corrected chi connectivity index (χ3v) is 6.70. The Kier molecular flexibility index (Phi) is 5.60. The van der Waals surface area contributed by atoms with Crippen molar-refractivity contribution in [1.29, 1.82) is 0 Å². The fourth-order valence-electron chi connectivity index (χ4n) is 4.96. The summed E-state index contributed by atoms with van der Waals surface area (Å²) in [5.74, 6) is 0.0518. The van der Waals surface area contributed by atoms with Crippen LogP contribution in [0.5, 0.6) is 0 Å². The van der Waals surface area contributed by atoms with Gasteiger partial charge in [0, 0.05) is 36.9 Å². The average Bonchev–Trinajstić information content (AvgIpc) is 3.40. The number of aromatic nitrogens is 2. The molecule has 5 nitrogen and oxygen atoms in total. The second kappa shape index (κ2) is 8.67. The first-order valence-corrected chi connectivity index (χ1v) is 11.4. The Labute approximate surface area is 184 Å². The van der Waals surface area contributed by atoms with Gasteiger partial charge >= 0.3 is 0 Å². The van der Waals surface area contributed by atoms with Crippen LogP contribution in [0.15, 0.2) is 54.6 Å². The molecular formula is C26H30N4O. The van der Waals surface area contributed by atoms with E-state index in [0.29, 0.717) is 0 Å². The average molecular weight is 415 g/mol. The van der Waals surface area contributed by atoms with E-state index in [1.807, 2.05) is 31.2 Å². The van der Waals surface area contributed by atoms with Gasteiger partial charge in [-0.25, -0.2) is 4.68 Å². The molecule has 5 rings (SSSR count). The molecule has 31 heavy (non-hydrogen) atoms. The zero-order chi connectivity index (χ0) is 21.2. The monoisotopic (exact) mass is 414 g/mol. The van der Waals surface area contributed by atoms with E-state index in [1.54, 1.807) is 0 Å². The Hall–Kier alpha value is -2.92. The zero-order valence-corrected chi connectivity index (χ0v) is 18.2. The van der Waals surface area contributed by atoms with E-state index in [-0.39, 0.29) is 11.9 Å². The van der Waals surface area contributed by atoms with Gasteiger partial charge in [-0.05, 0) is 68.4 Å². The van der Waals surface area contributed by atoms with Crippen LogP contribution in [-0.2, 0) is 19.4 Å². The zero-order valence-electron chi connectivity index (χ0n) is 18.2. The Morgan fingerprint density at radius 3 is 2.55 bits per heavy atom. The van der Waals surface area contributed by atoms with Gasteiger partial charge in [-0.2, -0.15) is 5.10 Å². The van der Waals surface area contributed by atoms with E-state index in [9.17, 15) is 4.79 Å². The summed E-state index contributed by atoms with van der Waals surface area (Å²) in [7, 11) is 0. The van der Waals surface area contributed by atoms with Crippen LogP contribution in [0.3, 0.4) is 0 Å². The smallest absolute Gasteiger partial charge is 0.251 e. The highest BCUT2D eigenvalue weighted by Crippen LogP contribution is 2.29. The fraction of sp³-hybridized carbons (Fsp3) is 0.385. The van der Waals surface area contributed by atoms with Crippen molar-refractivity contribution in [3.63, 3.8) is 0 Å². The van der Waals surface area contributed by atoms with Crippen LogP contribution in [-0.4, -0.2) is 39.7 Å². The Balaban J connectivity index is 1.22. The molecule has 2 aliphatic rings. The number of piperidine rings is 1. The molecule has 0 spiro atoms. The van der Waals surface area contributed by atoms with Crippen LogP contribution in [0.2, 0.25) is 0 Å². The van der Waals surface area contributed by atoms with Gasteiger partial charge in [0.25, 0.3) is 5.91 Å². The van der Waals surface area contributed by atoms with Gasteiger partial charge in [0.05, 0.1) is 11.4 Å². The number of nitrogens with zero attached hydrogens (tertiary/aromatic N) is 3. The van der Waals surface area contributed by atoms with Crippen molar-refractivity contribution in [3.05, 3.63) is 82.7 Å². The lowest BCUT2D eigenvalue weighted by atomic mass is 10.0. The highest BCUT2D eigenvalue weighted by atomic mass is 16.1. The minimum Gasteiger partial charge on any atom is -0.349 e. The van der Waals surface area contributed by atoms with Crippen molar-refractivity contribution >= 4 is 5.91 Å². The standard InChI is InChI=1S/C26H30N4O/c1-19-8-5-6-11-22(19)26(31)27-20-14-16-29(17-15-20)18-24-23-12-7-13-25(23)30(28-24)21-9-3-2-4-10-21/h2-6,8-11,20H,7,12-18H2,1H3,(H,27,31). The summed E-state index contributed by atoms with van der Waals surface area (Å²) in [6, 6.07) is 18.5. The maximum Gasteiger partial charge on any atom is 0.251 e. The second-order valence-corrected chi connectivity index (χ2v) is 8.81. The van der Waals surface area contributed by atoms with Crippen LogP contribution in [0.4, 0.5) is 0 Å². The predicted molar refractivity (Wildman–Crippen MR) is 123 cm³/mol. The predicted octanol–water partition coefficient (Wildman–Crippen LogP) is 4.06.